The molecule has 2 rings (SSSR count). The minimum Gasteiger partial charge on any atom is -0.481 e. The molecular formula is C15H13NO6. The van der Waals surface area contributed by atoms with Crippen LogP contribution < -0.4 is 9.64 Å². The smallest absolute Gasteiger partial charge is 0.322 e. The summed E-state index contributed by atoms with van der Waals surface area (Å²) >= 11 is 0. The summed E-state index contributed by atoms with van der Waals surface area (Å²) in [5.41, 5.74) is 0.975. The average Bonchev–Trinajstić information content (AvgIpc) is 2.62. The van der Waals surface area contributed by atoms with E-state index >= 15 is 0 Å². The summed E-state index contributed by atoms with van der Waals surface area (Å²) in [6.45, 7) is 3.12. The lowest BCUT2D eigenvalue weighted by Gasteiger charge is -2.15. The number of hydrogen-bond acceptors (Lipinski definition) is 5. The molecule has 2 amide bonds. The van der Waals surface area contributed by atoms with Gasteiger partial charge in [0.05, 0.1) is 5.69 Å². The first kappa shape index (κ1) is 15.4. The normalized spacial score (nSPS) is 14.5. The molecule has 22 heavy (non-hydrogen) atoms. The van der Waals surface area contributed by atoms with Crippen molar-refractivity contribution in [1.29, 1.82) is 0 Å². The van der Waals surface area contributed by atoms with E-state index in [2.05, 4.69) is 0 Å². The number of aliphatic carboxylic acids is 1. The van der Waals surface area contributed by atoms with Crippen LogP contribution in [0, 0.1) is 0 Å². The molecule has 1 heterocycles. The van der Waals surface area contributed by atoms with Gasteiger partial charge in [0.25, 0.3) is 11.8 Å². The van der Waals surface area contributed by atoms with Crippen molar-refractivity contribution < 1.29 is 29.0 Å². The third-order valence-corrected chi connectivity index (χ3v) is 3.21. The SMILES string of the molecule is CC1=C(C)C(=O)N(c2cccc(OC(=O)CC(=O)O)c2)C1=O. The first-order valence-electron chi connectivity index (χ1n) is 6.40. The van der Waals surface area contributed by atoms with Gasteiger partial charge in [-0.25, -0.2) is 4.90 Å². The molecule has 0 aliphatic carbocycles. The van der Waals surface area contributed by atoms with E-state index in [1.807, 2.05) is 0 Å². The van der Waals surface area contributed by atoms with Gasteiger partial charge >= 0.3 is 11.9 Å². The Labute approximate surface area is 125 Å². The first-order chi connectivity index (χ1) is 10.3. The number of carbonyl (C=O) groups is 4. The minimum absolute atomic E-state index is 0.0616. The van der Waals surface area contributed by atoms with Gasteiger partial charge in [0.2, 0.25) is 0 Å². The number of ether oxygens (including phenoxy) is 1. The second-order valence-corrected chi connectivity index (χ2v) is 4.74. The van der Waals surface area contributed by atoms with E-state index in [1.165, 1.54) is 24.3 Å². The van der Waals surface area contributed by atoms with Gasteiger partial charge in [-0.15, -0.1) is 0 Å². The van der Waals surface area contributed by atoms with E-state index in [-0.39, 0.29) is 11.4 Å². The highest BCUT2D eigenvalue weighted by Crippen LogP contribution is 2.29. The Morgan fingerprint density at radius 3 is 2.27 bits per heavy atom. The number of nitrogens with zero attached hydrogens (tertiary/aromatic N) is 1. The van der Waals surface area contributed by atoms with E-state index in [9.17, 15) is 19.2 Å². The van der Waals surface area contributed by atoms with E-state index in [4.69, 9.17) is 9.84 Å². The number of carboxylic acid groups (broad SMARTS) is 1. The Morgan fingerprint density at radius 1 is 1.14 bits per heavy atom. The Bertz CT molecular complexity index is 694. The zero-order chi connectivity index (χ0) is 16.4. The highest BCUT2D eigenvalue weighted by molar-refractivity contribution is 6.32. The molecule has 1 aromatic rings. The summed E-state index contributed by atoms with van der Waals surface area (Å²) in [4.78, 5) is 46.9. The molecule has 7 heteroatoms. The van der Waals surface area contributed by atoms with Crippen molar-refractivity contribution in [3.63, 3.8) is 0 Å². The van der Waals surface area contributed by atoms with E-state index < -0.39 is 30.2 Å². The molecule has 0 unspecified atom stereocenters. The van der Waals surface area contributed by atoms with Crippen LogP contribution in [0.2, 0.25) is 0 Å². The van der Waals surface area contributed by atoms with E-state index in [0.29, 0.717) is 11.1 Å². The van der Waals surface area contributed by atoms with Gasteiger partial charge in [-0.2, -0.15) is 0 Å². The zero-order valence-corrected chi connectivity index (χ0v) is 12.0. The van der Waals surface area contributed by atoms with Crippen molar-refractivity contribution in [1.82, 2.24) is 0 Å². The summed E-state index contributed by atoms with van der Waals surface area (Å²) < 4.78 is 4.87. The Kier molecular flexibility index (Phi) is 4.07. The van der Waals surface area contributed by atoms with Crippen molar-refractivity contribution in [3.05, 3.63) is 35.4 Å². The molecule has 1 aliphatic rings. The molecular weight excluding hydrogens is 290 g/mol. The maximum absolute atomic E-state index is 12.1. The maximum atomic E-state index is 12.1. The quantitative estimate of drug-likeness (QED) is 0.389. The summed E-state index contributed by atoms with van der Waals surface area (Å²) in [5.74, 6) is -3.05. The zero-order valence-electron chi connectivity index (χ0n) is 12.0. The Balaban J connectivity index is 2.23. The molecule has 0 atom stereocenters. The molecule has 0 bridgehead atoms. The number of carbonyl (C=O) groups excluding carboxylic acids is 3. The standard InChI is InChI=1S/C15H13NO6/c1-8-9(2)15(21)16(14(8)20)10-4-3-5-11(6-10)22-13(19)7-12(17)18/h3-6H,7H2,1-2H3,(H,17,18). The van der Waals surface area contributed by atoms with Crippen molar-refractivity contribution in [2.75, 3.05) is 4.90 Å². The lowest BCUT2D eigenvalue weighted by atomic mass is 10.2. The van der Waals surface area contributed by atoms with E-state index in [1.54, 1.807) is 13.8 Å². The highest BCUT2D eigenvalue weighted by atomic mass is 16.5. The number of hydrogen-bond donors (Lipinski definition) is 1. The van der Waals surface area contributed by atoms with Crippen molar-refractivity contribution in [2.24, 2.45) is 0 Å². The monoisotopic (exact) mass is 303 g/mol. The summed E-state index contributed by atoms with van der Waals surface area (Å²) in [7, 11) is 0. The molecule has 7 nitrogen and oxygen atoms in total. The van der Waals surface area contributed by atoms with Crippen LogP contribution in [0.4, 0.5) is 5.69 Å². The van der Waals surface area contributed by atoms with Gasteiger partial charge in [-0.3, -0.25) is 19.2 Å². The minimum atomic E-state index is -1.30. The second-order valence-electron chi connectivity index (χ2n) is 4.74. The molecule has 0 aromatic heterocycles. The van der Waals surface area contributed by atoms with Gasteiger partial charge in [0.1, 0.15) is 12.2 Å². The molecule has 1 N–H and O–H groups in total. The molecule has 114 valence electrons. The van der Waals surface area contributed by atoms with Gasteiger partial charge < -0.3 is 9.84 Å². The Morgan fingerprint density at radius 2 is 1.73 bits per heavy atom. The van der Waals surface area contributed by atoms with Crippen LogP contribution in [0.25, 0.3) is 0 Å². The van der Waals surface area contributed by atoms with Crippen molar-refractivity contribution >= 4 is 29.4 Å². The first-order valence-corrected chi connectivity index (χ1v) is 6.40. The van der Waals surface area contributed by atoms with Crippen molar-refractivity contribution in [3.8, 4) is 5.75 Å². The molecule has 1 aliphatic heterocycles. The predicted octanol–water partition coefficient (Wildman–Crippen LogP) is 1.28. The largest absolute Gasteiger partial charge is 0.481 e. The highest BCUT2D eigenvalue weighted by Gasteiger charge is 2.34. The van der Waals surface area contributed by atoms with Gasteiger partial charge in [-0.05, 0) is 26.0 Å². The van der Waals surface area contributed by atoms with Crippen LogP contribution in [-0.4, -0.2) is 28.9 Å². The van der Waals surface area contributed by atoms with Gasteiger partial charge in [0, 0.05) is 17.2 Å². The number of carboxylic acids is 1. The number of esters is 1. The molecule has 0 saturated heterocycles. The average molecular weight is 303 g/mol. The third kappa shape index (κ3) is 2.88. The van der Waals surface area contributed by atoms with Crippen LogP contribution in [-0.2, 0) is 19.2 Å². The second kappa shape index (κ2) is 5.80. The predicted molar refractivity (Wildman–Crippen MR) is 75.2 cm³/mol. The number of amides is 2. The summed E-state index contributed by atoms with van der Waals surface area (Å²) in [5, 5.41) is 8.51. The lowest BCUT2D eigenvalue weighted by molar-refractivity contribution is -0.145. The van der Waals surface area contributed by atoms with Crippen molar-refractivity contribution in [2.45, 2.75) is 20.3 Å². The summed E-state index contributed by atoms with van der Waals surface area (Å²) in [6, 6.07) is 5.79. The lowest BCUT2D eigenvalue weighted by Crippen LogP contribution is -2.31. The maximum Gasteiger partial charge on any atom is 0.322 e. The number of rotatable bonds is 4. The van der Waals surface area contributed by atoms with Gasteiger partial charge in [-0.1, -0.05) is 6.07 Å². The fourth-order valence-electron chi connectivity index (χ4n) is 1.96. The number of anilines is 1. The summed E-state index contributed by atoms with van der Waals surface area (Å²) in [6.07, 6.45) is -0.772. The third-order valence-electron chi connectivity index (χ3n) is 3.21. The molecule has 0 fully saturated rings. The van der Waals surface area contributed by atoms with Crippen LogP contribution >= 0.6 is 0 Å². The van der Waals surface area contributed by atoms with Crippen LogP contribution in [0.5, 0.6) is 5.75 Å². The van der Waals surface area contributed by atoms with Crippen LogP contribution in [0.1, 0.15) is 20.3 Å². The topological polar surface area (TPSA) is 101 Å². The number of imide groups is 1. The molecule has 1 aromatic carbocycles. The Hall–Kier alpha value is -2.96. The van der Waals surface area contributed by atoms with Crippen LogP contribution in [0.15, 0.2) is 35.4 Å². The van der Waals surface area contributed by atoms with E-state index in [0.717, 1.165) is 4.90 Å². The molecule has 0 saturated carbocycles. The fourth-order valence-corrected chi connectivity index (χ4v) is 1.96. The van der Waals surface area contributed by atoms with Crippen LogP contribution in [0.3, 0.4) is 0 Å². The number of benzene rings is 1. The molecule has 0 radical (unpaired) electrons. The van der Waals surface area contributed by atoms with Gasteiger partial charge in [0.15, 0.2) is 0 Å². The fraction of sp³-hybridized carbons (Fsp3) is 0.200. The molecule has 0 spiro atoms.